The first-order chi connectivity index (χ1) is 20.9. The van der Waals surface area contributed by atoms with Crippen molar-refractivity contribution in [1.29, 1.82) is 0 Å². The van der Waals surface area contributed by atoms with Crippen LogP contribution in [0.4, 0.5) is 0 Å². The van der Waals surface area contributed by atoms with Crippen molar-refractivity contribution in [2.75, 3.05) is 7.11 Å². The van der Waals surface area contributed by atoms with Crippen molar-refractivity contribution >= 4 is 50.0 Å². The summed E-state index contributed by atoms with van der Waals surface area (Å²) in [6.45, 7) is 7.62. The predicted octanol–water partition coefficient (Wildman–Crippen LogP) is 7.66. The molecule has 3 heterocycles. The molecule has 3 aromatic carbocycles. The molecule has 0 aliphatic rings. The second-order valence-electron chi connectivity index (χ2n) is 11.6. The molecule has 0 aliphatic heterocycles. The highest BCUT2D eigenvalue weighted by molar-refractivity contribution is 7.21. The highest BCUT2D eigenvalue weighted by Crippen LogP contribution is 2.43. The van der Waals surface area contributed by atoms with Crippen molar-refractivity contribution in [1.82, 2.24) is 19.3 Å². The summed E-state index contributed by atoms with van der Waals surface area (Å²) < 4.78 is 15.7. The summed E-state index contributed by atoms with van der Waals surface area (Å²) in [6.07, 6.45) is 2.65. The van der Waals surface area contributed by atoms with E-state index >= 15 is 0 Å². The monoisotopic (exact) mass is 626 g/mol. The van der Waals surface area contributed by atoms with Crippen LogP contribution in [0.1, 0.15) is 38.0 Å². The minimum Gasteiger partial charge on any atom is -0.467 e. The topological polar surface area (TPSA) is 88.2 Å². The number of hydrogen-bond donors (Lipinski definition) is 0. The van der Waals surface area contributed by atoms with Crippen molar-refractivity contribution in [3.63, 3.8) is 0 Å². The SMILES string of the molecule is COC(=O)C(OC(C)(C)C)c1c(C)cc2nc(-n3cc(-c4ccc5c(cnn5C)c4)ccc3=O)sc2c1-c1ccc(Cl)cc1. The number of halogens is 1. The Morgan fingerprint density at radius 1 is 1.00 bits per heavy atom. The average molecular weight is 627 g/mol. The molecule has 1 unspecified atom stereocenters. The molecule has 0 fully saturated rings. The van der Waals surface area contributed by atoms with Gasteiger partial charge >= 0.3 is 5.97 Å². The Balaban J connectivity index is 1.57. The van der Waals surface area contributed by atoms with Crippen LogP contribution in [-0.4, -0.2) is 38.0 Å². The predicted molar refractivity (Wildman–Crippen MR) is 176 cm³/mol. The smallest absolute Gasteiger partial charge is 0.339 e. The first kappa shape index (κ1) is 29.7. The quantitative estimate of drug-likeness (QED) is 0.176. The standard InChI is InChI=1S/C34H31ClN4O4S/c1-19-15-25-31(29(20-7-11-24(35)12-8-20)28(19)30(32(41)42-6)43-34(2,3)4)44-33(37-25)39-18-22(10-14-27(39)40)21-9-13-26-23(16-21)17-36-38(26)5/h7-18,30H,1-6H3. The van der Waals surface area contributed by atoms with Crippen molar-refractivity contribution in [3.05, 3.63) is 99.6 Å². The average Bonchev–Trinajstić information content (AvgIpc) is 3.58. The molecule has 1 atom stereocenters. The fourth-order valence-electron chi connectivity index (χ4n) is 5.38. The molecule has 3 aromatic heterocycles. The summed E-state index contributed by atoms with van der Waals surface area (Å²) in [5.74, 6) is -0.503. The van der Waals surface area contributed by atoms with Crippen molar-refractivity contribution < 1.29 is 14.3 Å². The van der Waals surface area contributed by atoms with Gasteiger partial charge in [-0.3, -0.25) is 14.0 Å². The molecule has 10 heteroatoms. The maximum absolute atomic E-state index is 13.2. The van der Waals surface area contributed by atoms with Gasteiger partial charge in [0.05, 0.1) is 34.6 Å². The van der Waals surface area contributed by atoms with Crippen LogP contribution in [-0.2, 0) is 21.3 Å². The maximum atomic E-state index is 13.2. The van der Waals surface area contributed by atoms with Crippen LogP contribution in [0, 0.1) is 6.92 Å². The van der Waals surface area contributed by atoms with Gasteiger partial charge in [-0.25, -0.2) is 9.78 Å². The molecule has 0 bridgehead atoms. The van der Waals surface area contributed by atoms with Crippen molar-refractivity contribution in [2.45, 2.75) is 39.4 Å². The Morgan fingerprint density at radius 2 is 1.70 bits per heavy atom. The zero-order valence-corrected chi connectivity index (χ0v) is 26.8. The number of carbonyl (C=O) groups excluding carboxylic acids is 1. The Morgan fingerprint density at radius 3 is 2.41 bits per heavy atom. The summed E-state index contributed by atoms with van der Waals surface area (Å²) in [6, 6.07) is 18.8. The van der Waals surface area contributed by atoms with Gasteiger partial charge in [-0.15, -0.1) is 0 Å². The molecule has 0 saturated heterocycles. The highest BCUT2D eigenvalue weighted by Gasteiger charge is 2.33. The molecule has 0 amide bonds. The lowest BCUT2D eigenvalue weighted by atomic mass is 9.91. The Kier molecular flexibility index (Phi) is 7.65. The molecular formula is C34H31ClN4O4S. The van der Waals surface area contributed by atoms with E-state index in [0.717, 1.165) is 43.4 Å². The van der Waals surface area contributed by atoms with Crippen molar-refractivity contribution in [3.8, 4) is 27.4 Å². The summed E-state index contributed by atoms with van der Waals surface area (Å²) in [5, 5.41) is 6.45. The van der Waals surface area contributed by atoms with E-state index in [1.54, 1.807) is 10.6 Å². The molecule has 8 nitrogen and oxygen atoms in total. The number of nitrogens with zero attached hydrogens (tertiary/aromatic N) is 4. The van der Waals surface area contributed by atoms with Gasteiger partial charge in [0, 0.05) is 40.8 Å². The van der Waals surface area contributed by atoms with E-state index in [1.807, 2.05) is 100 Å². The zero-order valence-electron chi connectivity index (χ0n) is 25.2. The van der Waals surface area contributed by atoms with Crippen LogP contribution in [0.15, 0.2) is 77.9 Å². The largest absolute Gasteiger partial charge is 0.467 e. The molecule has 0 radical (unpaired) electrons. The summed E-state index contributed by atoms with van der Waals surface area (Å²) >= 11 is 7.64. The van der Waals surface area contributed by atoms with Gasteiger partial charge in [-0.1, -0.05) is 41.1 Å². The fourth-order valence-corrected chi connectivity index (χ4v) is 6.61. The third-order valence-corrected chi connectivity index (χ3v) is 8.73. The second kappa shape index (κ2) is 11.3. The lowest BCUT2D eigenvalue weighted by Gasteiger charge is -2.28. The number of rotatable bonds is 6. The van der Waals surface area contributed by atoms with Crippen LogP contribution in [0.3, 0.4) is 0 Å². The number of methoxy groups -OCH3 is 1. The summed E-state index contributed by atoms with van der Waals surface area (Å²) in [7, 11) is 3.26. The van der Waals surface area contributed by atoms with Crippen molar-refractivity contribution in [2.24, 2.45) is 7.05 Å². The van der Waals surface area contributed by atoms with E-state index in [-0.39, 0.29) is 5.56 Å². The van der Waals surface area contributed by atoms with E-state index in [9.17, 15) is 9.59 Å². The molecule has 44 heavy (non-hydrogen) atoms. The van der Waals surface area contributed by atoms with Gasteiger partial charge in [-0.2, -0.15) is 5.10 Å². The van der Waals surface area contributed by atoms with E-state index in [4.69, 9.17) is 26.1 Å². The van der Waals surface area contributed by atoms with Gasteiger partial charge in [0.1, 0.15) is 0 Å². The first-order valence-corrected chi connectivity index (χ1v) is 15.2. The van der Waals surface area contributed by atoms with Crippen LogP contribution in [0.5, 0.6) is 0 Å². The number of benzene rings is 3. The summed E-state index contributed by atoms with van der Waals surface area (Å²) in [4.78, 5) is 31.4. The van der Waals surface area contributed by atoms with Crippen LogP contribution >= 0.6 is 22.9 Å². The lowest BCUT2D eigenvalue weighted by molar-refractivity contribution is -0.164. The number of esters is 1. The molecule has 0 N–H and O–H groups in total. The van der Waals surface area contributed by atoms with Gasteiger partial charge in [0.2, 0.25) is 0 Å². The molecule has 0 saturated carbocycles. The number of fused-ring (bicyclic) bond motifs is 2. The molecule has 224 valence electrons. The normalized spacial score (nSPS) is 12.6. The number of aryl methyl sites for hydroxylation is 2. The Bertz CT molecular complexity index is 2110. The minimum atomic E-state index is -0.992. The molecule has 6 rings (SSSR count). The lowest BCUT2D eigenvalue weighted by Crippen LogP contribution is -2.29. The van der Waals surface area contributed by atoms with Crippen LogP contribution in [0.2, 0.25) is 5.02 Å². The third-order valence-electron chi connectivity index (χ3n) is 7.39. The Hall–Kier alpha value is -4.31. The van der Waals surface area contributed by atoms with Gasteiger partial charge < -0.3 is 9.47 Å². The maximum Gasteiger partial charge on any atom is 0.339 e. The number of hydrogen-bond acceptors (Lipinski definition) is 7. The van der Waals surface area contributed by atoms with Gasteiger partial charge in [0.25, 0.3) is 5.56 Å². The first-order valence-electron chi connectivity index (χ1n) is 14.0. The third kappa shape index (κ3) is 5.54. The molecule has 6 aromatic rings. The Labute approximate surface area is 263 Å². The molecule has 0 aliphatic carbocycles. The number of thiazole rings is 1. The number of carbonyl (C=O) groups is 1. The number of ether oxygens (including phenoxy) is 2. The van der Waals surface area contributed by atoms with E-state index in [0.29, 0.717) is 21.2 Å². The van der Waals surface area contributed by atoms with E-state index in [2.05, 4.69) is 11.2 Å². The fraction of sp³-hybridized carbons (Fsp3) is 0.235. The molecular weight excluding hydrogens is 596 g/mol. The number of aromatic nitrogens is 4. The van der Waals surface area contributed by atoms with E-state index in [1.165, 1.54) is 18.4 Å². The number of pyridine rings is 1. The summed E-state index contributed by atoms with van der Waals surface area (Å²) in [5.41, 5.74) is 5.82. The second-order valence-corrected chi connectivity index (χ2v) is 13.0. The zero-order chi connectivity index (χ0) is 31.3. The van der Waals surface area contributed by atoms with Crippen LogP contribution < -0.4 is 5.56 Å². The van der Waals surface area contributed by atoms with Gasteiger partial charge in [0.15, 0.2) is 11.2 Å². The highest BCUT2D eigenvalue weighted by atomic mass is 35.5. The molecule has 0 spiro atoms. The van der Waals surface area contributed by atoms with E-state index < -0.39 is 17.7 Å². The minimum absolute atomic E-state index is 0.205. The van der Waals surface area contributed by atoms with Crippen LogP contribution in [0.25, 0.3) is 48.5 Å². The van der Waals surface area contributed by atoms with Gasteiger partial charge in [-0.05, 0) is 86.3 Å².